The van der Waals surface area contributed by atoms with Gasteiger partial charge in [0, 0.05) is 0 Å². The highest BCUT2D eigenvalue weighted by atomic mass is 32.2. The molecule has 20 heavy (non-hydrogen) atoms. The normalized spacial score (nSPS) is 10.8. The summed E-state index contributed by atoms with van der Waals surface area (Å²) in [7, 11) is -3.74. The summed E-state index contributed by atoms with van der Waals surface area (Å²) in [5.74, 6) is 0.857. The third-order valence-corrected chi connectivity index (χ3v) is 3.76. The number of primary sulfonamides is 1. The van der Waals surface area contributed by atoms with E-state index < -0.39 is 10.0 Å². The van der Waals surface area contributed by atoms with Gasteiger partial charge in [-0.3, -0.25) is 0 Å². The Bertz CT molecular complexity index is 792. The molecule has 5 nitrogen and oxygen atoms in total. The number of benzene rings is 2. The number of nitrogens with two attached hydrogens (primary N) is 1. The van der Waals surface area contributed by atoms with Crippen molar-refractivity contribution in [3.63, 3.8) is 0 Å². The van der Waals surface area contributed by atoms with E-state index in [1.165, 1.54) is 12.1 Å². The van der Waals surface area contributed by atoms with Crippen molar-refractivity contribution < 1.29 is 13.2 Å². The van der Waals surface area contributed by atoms with Crippen molar-refractivity contribution in [2.45, 2.75) is 11.8 Å². The SMILES string of the molecule is Cc1cc(Oc2ccccc2C#N)ccc1S(N)(=O)=O. The molecular weight excluding hydrogens is 276 g/mol. The van der Waals surface area contributed by atoms with Gasteiger partial charge in [-0.1, -0.05) is 12.1 Å². The van der Waals surface area contributed by atoms with Crippen LogP contribution >= 0.6 is 0 Å². The molecule has 102 valence electrons. The fourth-order valence-electron chi connectivity index (χ4n) is 1.78. The van der Waals surface area contributed by atoms with Crippen LogP contribution in [0.4, 0.5) is 0 Å². The molecule has 0 atom stereocenters. The number of nitrogens with zero attached hydrogens (tertiary/aromatic N) is 1. The predicted molar refractivity (Wildman–Crippen MR) is 73.8 cm³/mol. The number of para-hydroxylation sites is 1. The van der Waals surface area contributed by atoms with Gasteiger partial charge >= 0.3 is 0 Å². The molecule has 0 amide bonds. The second-order valence-corrected chi connectivity index (χ2v) is 5.71. The highest BCUT2D eigenvalue weighted by molar-refractivity contribution is 7.89. The number of aryl methyl sites for hydroxylation is 1. The van der Waals surface area contributed by atoms with Gasteiger partial charge in [0.1, 0.15) is 17.6 Å². The lowest BCUT2D eigenvalue weighted by molar-refractivity contribution is 0.480. The molecule has 0 heterocycles. The molecule has 2 N–H and O–H groups in total. The maximum absolute atomic E-state index is 11.3. The molecule has 2 aromatic carbocycles. The third kappa shape index (κ3) is 2.96. The van der Waals surface area contributed by atoms with Gasteiger partial charge < -0.3 is 4.74 Å². The summed E-state index contributed by atoms with van der Waals surface area (Å²) in [5, 5.41) is 14.1. The standard InChI is InChI=1S/C14H12N2O3S/c1-10-8-12(6-7-14(10)20(16,17)18)19-13-5-3-2-4-11(13)9-15/h2-8H,1H3,(H2,16,17,18). The van der Waals surface area contributed by atoms with Crippen LogP contribution in [0.15, 0.2) is 47.4 Å². The maximum Gasteiger partial charge on any atom is 0.238 e. The Labute approximate surface area is 117 Å². The number of hydrogen-bond donors (Lipinski definition) is 1. The van der Waals surface area contributed by atoms with Gasteiger partial charge in [0.15, 0.2) is 0 Å². The minimum Gasteiger partial charge on any atom is -0.456 e. The van der Waals surface area contributed by atoms with Crippen LogP contribution in [0, 0.1) is 18.3 Å². The van der Waals surface area contributed by atoms with E-state index in [9.17, 15) is 8.42 Å². The first-order valence-corrected chi connectivity index (χ1v) is 7.27. The van der Waals surface area contributed by atoms with E-state index in [1.54, 1.807) is 37.3 Å². The zero-order valence-corrected chi connectivity index (χ0v) is 11.5. The maximum atomic E-state index is 11.3. The molecule has 0 saturated heterocycles. The lowest BCUT2D eigenvalue weighted by Gasteiger charge is -2.09. The Morgan fingerprint density at radius 1 is 1.20 bits per heavy atom. The highest BCUT2D eigenvalue weighted by Gasteiger charge is 2.12. The van der Waals surface area contributed by atoms with Crippen molar-refractivity contribution in [3.8, 4) is 17.6 Å². The molecule has 0 aliphatic heterocycles. The van der Waals surface area contributed by atoms with Crippen LogP contribution in [0.1, 0.15) is 11.1 Å². The van der Waals surface area contributed by atoms with E-state index in [-0.39, 0.29) is 4.90 Å². The fraction of sp³-hybridized carbons (Fsp3) is 0.0714. The molecule has 0 bridgehead atoms. The van der Waals surface area contributed by atoms with E-state index in [0.29, 0.717) is 22.6 Å². The van der Waals surface area contributed by atoms with Crippen LogP contribution in [0.5, 0.6) is 11.5 Å². The van der Waals surface area contributed by atoms with Gasteiger partial charge in [-0.25, -0.2) is 13.6 Å². The number of rotatable bonds is 3. The molecule has 0 radical (unpaired) electrons. The van der Waals surface area contributed by atoms with E-state index in [2.05, 4.69) is 0 Å². The Morgan fingerprint density at radius 2 is 1.90 bits per heavy atom. The van der Waals surface area contributed by atoms with Crippen molar-refractivity contribution >= 4 is 10.0 Å². The fourth-order valence-corrected chi connectivity index (χ4v) is 2.55. The Hall–Kier alpha value is -2.36. The average Bonchev–Trinajstić information content (AvgIpc) is 2.38. The summed E-state index contributed by atoms with van der Waals surface area (Å²) in [6.07, 6.45) is 0. The zero-order valence-electron chi connectivity index (χ0n) is 10.7. The van der Waals surface area contributed by atoms with Gasteiger partial charge in [-0.2, -0.15) is 5.26 Å². The van der Waals surface area contributed by atoms with Crippen LogP contribution in [0.3, 0.4) is 0 Å². The Balaban J connectivity index is 2.37. The summed E-state index contributed by atoms with van der Waals surface area (Å²) in [5.41, 5.74) is 0.889. The smallest absolute Gasteiger partial charge is 0.238 e. The topological polar surface area (TPSA) is 93.2 Å². The minimum atomic E-state index is -3.74. The number of ether oxygens (including phenoxy) is 1. The molecule has 0 spiro atoms. The third-order valence-electron chi connectivity index (χ3n) is 2.69. The van der Waals surface area contributed by atoms with Crippen molar-refractivity contribution in [2.24, 2.45) is 5.14 Å². The summed E-state index contributed by atoms with van der Waals surface area (Å²) >= 11 is 0. The van der Waals surface area contributed by atoms with Gasteiger partial charge in [0.25, 0.3) is 0 Å². The Kier molecular flexibility index (Phi) is 3.74. The molecule has 0 aliphatic carbocycles. The van der Waals surface area contributed by atoms with Gasteiger partial charge in [0.2, 0.25) is 10.0 Å². The largest absolute Gasteiger partial charge is 0.456 e. The van der Waals surface area contributed by atoms with Crippen LogP contribution in [-0.2, 0) is 10.0 Å². The second-order valence-electron chi connectivity index (χ2n) is 4.18. The first-order valence-electron chi connectivity index (χ1n) is 5.72. The van der Waals surface area contributed by atoms with Gasteiger partial charge in [-0.05, 0) is 42.8 Å². The van der Waals surface area contributed by atoms with E-state index >= 15 is 0 Å². The molecule has 0 fully saturated rings. The summed E-state index contributed by atoms with van der Waals surface area (Å²) in [6.45, 7) is 1.63. The first-order chi connectivity index (χ1) is 9.41. The summed E-state index contributed by atoms with van der Waals surface area (Å²) < 4.78 is 28.2. The number of hydrogen-bond acceptors (Lipinski definition) is 4. The van der Waals surface area contributed by atoms with Crippen molar-refractivity contribution in [2.75, 3.05) is 0 Å². The quantitative estimate of drug-likeness (QED) is 0.937. The summed E-state index contributed by atoms with van der Waals surface area (Å²) in [4.78, 5) is 0.0541. The molecule has 0 unspecified atom stereocenters. The first kappa shape index (κ1) is 14.1. The second kappa shape index (κ2) is 5.33. The molecule has 6 heteroatoms. The lowest BCUT2D eigenvalue weighted by Crippen LogP contribution is -2.13. The van der Waals surface area contributed by atoms with Crippen LogP contribution < -0.4 is 9.88 Å². The number of sulfonamides is 1. The molecule has 2 rings (SSSR count). The molecule has 0 aliphatic rings. The number of nitriles is 1. The lowest BCUT2D eigenvalue weighted by atomic mass is 10.2. The average molecular weight is 288 g/mol. The minimum absolute atomic E-state index is 0.0541. The van der Waals surface area contributed by atoms with E-state index in [4.69, 9.17) is 15.1 Å². The molecule has 0 saturated carbocycles. The predicted octanol–water partition coefficient (Wildman–Crippen LogP) is 2.31. The van der Waals surface area contributed by atoms with Gasteiger partial charge in [-0.15, -0.1) is 0 Å². The Morgan fingerprint density at radius 3 is 2.50 bits per heavy atom. The van der Waals surface area contributed by atoms with Crippen molar-refractivity contribution in [3.05, 3.63) is 53.6 Å². The van der Waals surface area contributed by atoms with E-state index in [0.717, 1.165) is 0 Å². The van der Waals surface area contributed by atoms with Crippen molar-refractivity contribution in [1.82, 2.24) is 0 Å². The highest BCUT2D eigenvalue weighted by Crippen LogP contribution is 2.27. The van der Waals surface area contributed by atoms with Crippen molar-refractivity contribution in [1.29, 1.82) is 5.26 Å². The molecular formula is C14H12N2O3S. The molecule has 0 aromatic heterocycles. The van der Waals surface area contributed by atoms with Crippen LogP contribution in [0.2, 0.25) is 0 Å². The zero-order chi connectivity index (χ0) is 14.8. The van der Waals surface area contributed by atoms with Gasteiger partial charge in [0.05, 0.1) is 10.5 Å². The monoisotopic (exact) mass is 288 g/mol. The van der Waals surface area contributed by atoms with Crippen LogP contribution in [0.25, 0.3) is 0 Å². The van der Waals surface area contributed by atoms with Crippen LogP contribution in [-0.4, -0.2) is 8.42 Å². The summed E-state index contributed by atoms with van der Waals surface area (Å²) in [6, 6.07) is 13.3. The molecule has 2 aromatic rings. The van der Waals surface area contributed by atoms with E-state index in [1.807, 2.05) is 6.07 Å².